The Hall–Kier alpha value is -2.54. The van der Waals surface area contributed by atoms with Gasteiger partial charge in [0.05, 0.1) is 19.8 Å². The van der Waals surface area contributed by atoms with Crippen LogP contribution in [0.4, 0.5) is 4.39 Å². The lowest BCUT2D eigenvalue weighted by molar-refractivity contribution is 0.395. The van der Waals surface area contributed by atoms with E-state index in [2.05, 4.69) is 15.2 Å². The largest absolute Gasteiger partial charge is 0.497 e. The van der Waals surface area contributed by atoms with Crippen LogP contribution in [0.25, 0.3) is 11.4 Å². The van der Waals surface area contributed by atoms with Crippen LogP contribution in [0.1, 0.15) is 17.7 Å². The van der Waals surface area contributed by atoms with Crippen molar-refractivity contribution in [2.24, 2.45) is 0 Å². The molecule has 0 fully saturated rings. The average Bonchev–Trinajstić information content (AvgIpc) is 3.09. The van der Waals surface area contributed by atoms with Crippen LogP contribution in [0.2, 0.25) is 0 Å². The number of benzene rings is 2. The summed E-state index contributed by atoms with van der Waals surface area (Å²) in [6.45, 7) is 1.99. The van der Waals surface area contributed by atoms with E-state index in [0.29, 0.717) is 22.5 Å². The molecule has 0 aliphatic carbocycles. The number of aromatic amines is 1. The van der Waals surface area contributed by atoms with E-state index in [9.17, 15) is 4.39 Å². The molecule has 0 saturated heterocycles. The van der Waals surface area contributed by atoms with Crippen molar-refractivity contribution in [3.63, 3.8) is 0 Å². The number of H-pyrrole nitrogens is 1. The van der Waals surface area contributed by atoms with E-state index in [1.165, 1.54) is 23.9 Å². The van der Waals surface area contributed by atoms with E-state index in [-0.39, 0.29) is 11.1 Å². The first-order valence-corrected chi connectivity index (χ1v) is 8.55. The summed E-state index contributed by atoms with van der Waals surface area (Å²) < 4.78 is 24.0. The number of nitrogens with one attached hydrogen (secondary N) is 1. The zero-order chi connectivity index (χ0) is 17.8. The molecule has 0 aliphatic heterocycles. The van der Waals surface area contributed by atoms with E-state index >= 15 is 0 Å². The van der Waals surface area contributed by atoms with Crippen molar-refractivity contribution in [2.45, 2.75) is 17.3 Å². The van der Waals surface area contributed by atoms with Gasteiger partial charge in [-0.2, -0.15) is 0 Å². The summed E-state index contributed by atoms with van der Waals surface area (Å²) >= 11 is 1.46. The van der Waals surface area contributed by atoms with Crippen LogP contribution in [0, 0.1) is 5.82 Å². The maximum atomic E-state index is 13.4. The van der Waals surface area contributed by atoms with Gasteiger partial charge in [0.15, 0.2) is 5.82 Å². The second kappa shape index (κ2) is 7.57. The average molecular weight is 359 g/mol. The summed E-state index contributed by atoms with van der Waals surface area (Å²) in [4.78, 5) is 4.51. The molecule has 3 rings (SSSR count). The highest BCUT2D eigenvalue weighted by Crippen LogP contribution is 2.35. The lowest BCUT2D eigenvalue weighted by Crippen LogP contribution is -1.92. The number of methoxy groups -OCH3 is 2. The number of thioether (sulfide) groups is 1. The second-order valence-corrected chi connectivity index (χ2v) is 6.66. The number of rotatable bonds is 6. The molecule has 2 aromatic carbocycles. The molecule has 0 aliphatic rings. The molecule has 1 atom stereocenters. The van der Waals surface area contributed by atoms with Gasteiger partial charge in [0.1, 0.15) is 17.3 Å². The Kier molecular flexibility index (Phi) is 5.23. The molecule has 1 unspecified atom stereocenters. The van der Waals surface area contributed by atoms with Gasteiger partial charge in [0.2, 0.25) is 5.16 Å². The number of halogens is 1. The summed E-state index contributed by atoms with van der Waals surface area (Å²) in [6.07, 6.45) is 0. The molecule has 0 spiro atoms. The van der Waals surface area contributed by atoms with E-state index in [1.807, 2.05) is 25.1 Å². The summed E-state index contributed by atoms with van der Waals surface area (Å²) in [6, 6.07) is 12.0. The van der Waals surface area contributed by atoms with Gasteiger partial charge in [-0.1, -0.05) is 23.9 Å². The minimum Gasteiger partial charge on any atom is -0.497 e. The van der Waals surface area contributed by atoms with Crippen molar-refractivity contribution >= 4 is 11.8 Å². The summed E-state index contributed by atoms with van der Waals surface area (Å²) in [5.74, 6) is 1.71. The lowest BCUT2D eigenvalue weighted by Gasteiger charge is -2.09. The molecule has 0 radical (unpaired) electrons. The van der Waals surface area contributed by atoms with Crippen LogP contribution in [-0.4, -0.2) is 29.4 Å². The standard InChI is InChI=1S/C18H18FN3O2S/c1-11(12-5-4-6-13(19)9-12)25-18-20-17(21-22-18)15-8-7-14(23-2)10-16(15)24-3/h4-11H,1-3H3,(H,20,21,22). The van der Waals surface area contributed by atoms with Gasteiger partial charge in [0.25, 0.3) is 0 Å². The fourth-order valence-electron chi connectivity index (χ4n) is 2.40. The smallest absolute Gasteiger partial charge is 0.209 e. The number of hydrogen-bond donors (Lipinski definition) is 1. The van der Waals surface area contributed by atoms with E-state index < -0.39 is 0 Å². The fourth-order valence-corrected chi connectivity index (χ4v) is 3.24. The van der Waals surface area contributed by atoms with Crippen LogP contribution >= 0.6 is 11.8 Å². The van der Waals surface area contributed by atoms with Crippen LogP contribution < -0.4 is 9.47 Å². The highest BCUT2D eigenvalue weighted by atomic mass is 32.2. The molecule has 1 N–H and O–H groups in total. The Labute approximate surface area is 149 Å². The minimum atomic E-state index is -0.247. The topological polar surface area (TPSA) is 60.0 Å². The highest BCUT2D eigenvalue weighted by molar-refractivity contribution is 7.99. The maximum absolute atomic E-state index is 13.4. The first-order chi connectivity index (χ1) is 12.1. The van der Waals surface area contributed by atoms with Crippen LogP contribution in [0.5, 0.6) is 11.5 Å². The first kappa shape index (κ1) is 17.3. The monoisotopic (exact) mass is 359 g/mol. The molecule has 3 aromatic rings. The molecule has 130 valence electrons. The normalized spacial score (nSPS) is 12.0. The fraction of sp³-hybridized carbons (Fsp3) is 0.222. The third-order valence-electron chi connectivity index (χ3n) is 3.73. The summed E-state index contributed by atoms with van der Waals surface area (Å²) in [7, 11) is 3.20. The molecule has 25 heavy (non-hydrogen) atoms. The zero-order valence-corrected chi connectivity index (χ0v) is 14.9. The number of hydrogen-bond acceptors (Lipinski definition) is 5. The number of aromatic nitrogens is 3. The van der Waals surface area contributed by atoms with E-state index in [4.69, 9.17) is 9.47 Å². The van der Waals surface area contributed by atoms with Gasteiger partial charge >= 0.3 is 0 Å². The molecule has 1 heterocycles. The molecule has 0 amide bonds. The Morgan fingerprint density at radius 3 is 2.68 bits per heavy atom. The van der Waals surface area contributed by atoms with Gasteiger partial charge in [-0.15, -0.1) is 5.10 Å². The van der Waals surface area contributed by atoms with Crippen molar-refractivity contribution < 1.29 is 13.9 Å². The van der Waals surface area contributed by atoms with Gasteiger partial charge in [-0.05, 0) is 36.8 Å². The molecular weight excluding hydrogens is 341 g/mol. The van der Waals surface area contributed by atoms with Crippen LogP contribution in [0.3, 0.4) is 0 Å². The third-order valence-corrected chi connectivity index (χ3v) is 4.75. The molecule has 5 nitrogen and oxygen atoms in total. The minimum absolute atomic E-state index is 0.0251. The maximum Gasteiger partial charge on any atom is 0.209 e. The van der Waals surface area contributed by atoms with E-state index in [0.717, 1.165) is 11.1 Å². The molecule has 7 heteroatoms. The Balaban J connectivity index is 1.81. The van der Waals surface area contributed by atoms with Crippen molar-refractivity contribution in [1.82, 2.24) is 15.2 Å². The summed E-state index contributed by atoms with van der Waals surface area (Å²) in [5, 5.41) is 7.78. The van der Waals surface area contributed by atoms with E-state index in [1.54, 1.807) is 26.4 Å². The Morgan fingerprint density at radius 2 is 1.96 bits per heavy atom. The Morgan fingerprint density at radius 1 is 1.12 bits per heavy atom. The zero-order valence-electron chi connectivity index (χ0n) is 14.1. The molecule has 0 saturated carbocycles. The van der Waals surface area contributed by atoms with Gasteiger partial charge in [-0.25, -0.2) is 9.37 Å². The van der Waals surface area contributed by atoms with Crippen LogP contribution in [0.15, 0.2) is 47.6 Å². The predicted octanol–water partition coefficient (Wildman–Crippen LogP) is 4.48. The van der Waals surface area contributed by atoms with Gasteiger partial charge in [-0.3, -0.25) is 5.10 Å². The van der Waals surface area contributed by atoms with Crippen molar-refractivity contribution in [2.75, 3.05) is 14.2 Å². The molecular formula is C18H18FN3O2S. The van der Waals surface area contributed by atoms with Gasteiger partial charge < -0.3 is 9.47 Å². The van der Waals surface area contributed by atoms with Gasteiger partial charge in [0, 0.05) is 11.3 Å². The third kappa shape index (κ3) is 3.93. The highest BCUT2D eigenvalue weighted by Gasteiger charge is 2.15. The predicted molar refractivity (Wildman–Crippen MR) is 95.6 cm³/mol. The second-order valence-electron chi connectivity index (χ2n) is 5.35. The van der Waals surface area contributed by atoms with Crippen molar-refractivity contribution in [1.29, 1.82) is 0 Å². The quantitative estimate of drug-likeness (QED) is 0.658. The van der Waals surface area contributed by atoms with Crippen molar-refractivity contribution in [3.8, 4) is 22.9 Å². The summed E-state index contributed by atoms with van der Waals surface area (Å²) in [5.41, 5.74) is 1.68. The van der Waals surface area contributed by atoms with Crippen molar-refractivity contribution in [3.05, 3.63) is 53.8 Å². The molecule has 0 bridgehead atoms. The lowest BCUT2D eigenvalue weighted by atomic mass is 10.2. The Bertz CT molecular complexity index is 869. The van der Waals surface area contributed by atoms with Crippen LogP contribution in [-0.2, 0) is 0 Å². The molecule has 1 aromatic heterocycles. The number of nitrogens with zero attached hydrogens (tertiary/aromatic N) is 2. The first-order valence-electron chi connectivity index (χ1n) is 7.67. The SMILES string of the molecule is COc1ccc(-c2nc(SC(C)c3cccc(F)c3)n[nH]2)c(OC)c1. The number of ether oxygens (including phenoxy) is 2.